The number of benzene rings is 2. The molecule has 0 bridgehead atoms. The Kier molecular flexibility index (Phi) is 6.53. The molecule has 0 atom stereocenters. The van der Waals surface area contributed by atoms with E-state index in [0.717, 1.165) is 29.5 Å². The van der Waals surface area contributed by atoms with Crippen molar-refractivity contribution in [2.24, 2.45) is 0 Å². The molecule has 9 heteroatoms. The van der Waals surface area contributed by atoms with Gasteiger partial charge in [-0.2, -0.15) is 0 Å². The summed E-state index contributed by atoms with van der Waals surface area (Å²) in [6.45, 7) is 2.16. The molecule has 0 aliphatic carbocycles. The van der Waals surface area contributed by atoms with Crippen LogP contribution in [0.3, 0.4) is 0 Å². The minimum absolute atomic E-state index is 0.0478. The lowest BCUT2D eigenvalue weighted by Crippen LogP contribution is -2.34. The van der Waals surface area contributed by atoms with E-state index in [0.29, 0.717) is 10.2 Å². The Morgan fingerprint density at radius 2 is 1.93 bits per heavy atom. The average Bonchev–Trinajstić information content (AvgIpc) is 3.07. The monoisotopic (exact) mass is 437 g/mol. The maximum Gasteiger partial charge on any atom is 0.253 e. The standard InChI is InChI=1S/C19H20ClN3O3S2/c1-2-3-4-13-5-10-16-17(11-13)27-19(21-16)23-22-18(24)12-28(25,26)15-8-6-14(20)7-9-15/h5-11H,2-4,12H2,1H3,(H,21,23)(H,22,24). The van der Waals surface area contributed by atoms with E-state index >= 15 is 0 Å². The fraction of sp³-hybridized carbons (Fsp3) is 0.263. The first-order valence-electron chi connectivity index (χ1n) is 8.80. The van der Waals surface area contributed by atoms with E-state index in [2.05, 4.69) is 34.9 Å². The number of halogens is 1. The van der Waals surface area contributed by atoms with Crippen molar-refractivity contribution < 1.29 is 13.2 Å². The number of fused-ring (bicyclic) bond motifs is 1. The highest BCUT2D eigenvalue weighted by molar-refractivity contribution is 7.92. The summed E-state index contributed by atoms with van der Waals surface area (Å²) in [5.74, 6) is -1.34. The Bertz CT molecular complexity index is 1080. The zero-order valence-electron chi connectivity index (χ0n) is 15.2. The van der Waals surface area contributed by atoms with Crippen LogP contribution in [0.5, 0.6) is 0 Å². The number of carbonyl (C=O) groups excluding carboxylic acids is 1. The summed E-state index contributed by atoms with van der Waals surface area (Å²) in [5, 5.41) is 0.929. The van der Waals surface area contributed by atoms with Crippen molar-refractivity contribution in [3.8, 4) is 0 Å². The number of hydrazine groups is 1. The minimum atomic E-state index is -3.75. The second kappa shape index (κ2) is 8.89. The Balaban J connectivity index is 1.61. The Labute approximate surface area is 172 Å². The van der Waals surface area contributed by atoms with Crippen LogP contribution in [0.25, 0.3) is 10.2 Å². The van der Waals surface area contributed by atoms with Crippen LogP contribution < -0.4 is 10.9 Å². The molecule has 2 aromatic carbocycles. The minimum Gasteiger partial charge on any atom is -0.273 e. The van der Waals surface area contributed by atoms with Crippen molar-refractivity contribution in [2.75, 3.05) is 11.2 Å². The van der Waals surface area contributed by atoms with E-state index in [1.807, 2.05) is 6.07 Å². The summed E-state index contributed by atoms with van der Waals surface area (Å²) < 4.78 is 25.6. The molecule has 0 aliphatic heterocycles. The third-order valence-electron chi connectivity index (χ3n) is 4.07. The van der Waals surface area contributed by atoms with Gasteiger partial charge >= 0.3 is 0 Å². The number of aryl methyl sites for hydroxylation is 1. The van der Waals surface area contributed by atoms with E-state index in [4.69, 9.17) is 11.6 Å². The summed E-state index contributed by atoms with van der Waals surface area (Å²) in [6.07, 6.45) is 3.29. The topological polar surface area (TPSA) is 88.2 Å². The molecule has 3 rings (SSSR count). The molecule has 0 unspecified atom stereocenters. The van der Waals surface area contributed by atoms with Crippen molar-refractivity contribution in [2.45, 2.75) is 31.1 Å². The maximum atomic E-state index is 12.3. The van der Waals surface area contributed by atoms with Crippen LogP contribution in [0.2, 0.25) is 5.02 Å². The molecule has 1 aromatic heterocycles. The lowest BCUT2D eigenvalue weighted by molar-refractivity contribution is -0.118. The summed E-state index contributed by atoms with van der Waals surface area (Å²) in [7, 11) is -3.75. The lowest BCUT2D eigenvalue weighted by atomic mass is 10.1. The van der Waals surface area contributed by atoms with Crippen LogP contribution in [0.4, 0.5) is 5.13 Å². The van der Waals surface area contributed by atoms with Crippen molar-refractivity contribution >= 4 is 54.0 Å². The quantitative estimate of drug-likeness (QED) is 0.515. The molecule has 0 aliphatic rings. The van der Waals surface area contributed by atoms with E-state index in [-0.39, 0.29) is 4.90 Å². The first-order valence-corrected chi connectivity index (χ1v) is 11.6. The van der Waals surface area contributed by atoms with Crippen molar-refractivity contribution in [3.63, 3.8) is 0 Å². The van der Waals surface area contributed by atoms with Crippen molar-refractivity contribution in [3.05, 3.63) is 53.1 Å². The van der Waals surface area contributed by atoms with Crippen LogP contribution in [0.1, 0.15) is 25.3 Å². The molecule has 0 fully saturated rings. The summed E-state index contributed by atoms with van der Waals surface area (Å²) >= 11 is 7.17. The molecule has 1 heterocycles. The number of anilines is 1. The third-order valence-corrected chi connectivity index (χ3v) is 6.89. The Morgan fingerprint density at radius 1 is 1.18 bits per heavy atom. The number of hydrogen-bond acceptors (Lipinski definition) is 6. The fourth-order valence-corrected chi connectivity index (χ4v) is 4.76. The number of unbranched alkanes of at least 4 members (excludes halogenated alkanes) is 1. The summed E-state index contributed by atoms with van der Waals surface area (Å²) in [5.41, 5.74) is 7.18. The van der Waals surface area contributed by atoms with Gasteiger partial charge in [0.2, 0.25) is 5.13 Å². The molecule has 3 aromatic rings. The van der Waals surface area contributed by atoms with E-state index in [9.17, 15) is 13.2 Å². The number of aromatic nitrogens is 1. The fourth-order valence-electron chi connectivity index (χ4n) is 2.62. The third kappa shape index (κ3) is 5.21. The molecule has 0 saturated heterocycles. The normalized spacial score (nSPS) is 11.5. The molecule has 28 heavy (non-hydrogen) atoms. The van der Waals surface area contributed by atoms with E-state index < -0.39 is 21.5 Å². The summed E-state index contributed by atoms with van der Waals surface area (Å²) in [4.78, 5) is 16.5. The zero-order valence-corrected chi connectivity index (χ0v) is 17.6. The Morgan fingerprint density at radius 3 is 2.64 bits per heavy atom. The number of nitrogens with zero attached hydrogens (tertiary/aromatic N) is 1. The predicted molar refractivity (Wildman–Crippen MR) is 114 cm³/mol. The second-order valence-corrected chi connectivity index (χ2v) is 9.77. The van der Waals surface area contributed by atoms with Gasteiger partial charge in [-0.15, -0.1) is 0 Å². The predicted octanol–water partition coefficient (Wildman–Crippen LogP) is 4.21. The molecular weight excluding hydrogens is 418 g/mol. The molecule has 148 valence electrons. The van der Waals surface area contributed by atoms with Gasteiger partial charge in [-0.05, 0) is 54.8 Å². The number of nitrogens with one attached hydrogen (secondary N) is 2. The highest BCUT2D eigenvalue weighted by Gasteiger charge is 2.19. The van der Waals surface area contributed by atoms with Gasteiger partial charge in [0.05, 0.1) is 15.1 Å². The molecule has 0 spiro atoms. The SMILES string of the molecule is CCCCc1ccc2nc(NNC(=O)CS(=O)(=O)c3ccc(Cl)cc3)sc2c1. The van der Waals surface area contributed by atoms with Crippen LogP contribution in [-0.2, 0) is 21.1 Å². The van der Waals surface area contributed by atoms with Gasteiger partial charge in [0, 0.05) is 5.02 Å². The maximum absolute atomic E-state index is 12.3. The van der Waals surface area contributed by atoms with E-state index in [1.54, 1.807) is 0 Å². The molecule has 6 nitrogen and oxygen atoms in total. The number of rotatable bonds is 8. The first-order chi connectivity index (χ1) is 13.4. The van der Waals surface area contributed by atoms with Gasteiger partial charge in [-0.1, -0.05) is 42.3 Å². The largest absolute Gasteiger partial charge is 0.273 e. The van der Waals surface area contributed by atoms with Crippen molar-refractivity contribution in [1.82, 2.24) is 10.4 Å². The second-order valence-electron chi connectivity index (χ2n) is 6.31. The van der Waals surface area contributed by atoms with Gasteiger partial charge in [-0.25, -0.2) is 13.4 Å². The van der Waals surface area contributed by atoms with Crippen LogP contribution >= 0.6 is 22.9 Å². The van der Waals surface area contributed by atoms with Gasteiger partial charge < -0.3 is 0 Å². The van der Waals surface area contributed by atoms with E-state index in [1.165, 1.54) is 41.2 Å². The molecular formula is C19H20ClN3O3S2. The number of sulfone groups is 1. The highest BCUT2D eigenvalue weighted by Crippen LogP contribution is 2.27. The zero-order chi connectivity index (χ0) is 20.1. The van der Waals surface area contributed by atoms with Crippen molar-refractivity contribution in [1.29, 1.82) is 0 Å². The molecule has 0 radical (unpaired) electrons. The summed E-state index contributed by atoms with van der Waals surface area (Å²) in [6, 6.07) is 11.8. The molecule has 1 amide bonds. The van der Waals surface area contributed by atoms with Crippen LogP contribution in [0, 0.1) is 0 Å². The van der Waals surface area contributed by atoms with Gasteiger partial charge in [0.15, 0.2) is 9.84 Å². The number of thiazole rings is 1. The van der Waals surface area contributed by atoms with Gasteiger partial charge in [-0.3, -0.25) is 15.6 Å². The Hall–Kier alpha value is -2.16. The van der Waals surface area contributed by atoms with Crippen LogP contribution in [0.15, 0.2) is 47.4 Å². The lowest BCUT2D eigenvalue weighted by Gasteiger charge is -2.06. The molecule has 2 N–H and O–H groups in total. The van der Waals surface area contributed by atoms with Gasteiger partial charge in [0.25, 0.3) is 5.91 Å². The van der Waals surface area contributed by atoms with Gasteiger partial charge in [0.1, 0.15) is 5.75 Å². The number of hydrogen-bond donors (Lipinski definition) is 2. The average molecular weight is 438 g/mol. The highest BCUT2D eigenvalue weighted by atomic mass is 35.5. The number of carbonyl (C=O) groups is 1. The first kappa shape index (κ1) is 20.6. The smallest absolute Gasteiger partial charge is 0.253 e. The number of amides is 1. The molecule has 0 saturated carbocycles. The van der Waals surface area contributed by atoms with Crippen LogP contribution in [-0.4, -0.2) is 25.1 Å².